The van der Waals surface area contributed by atoms with Gasteiger partial charge in [0.1, 0.15) is 38.6 Å². The van der Waals surface area contributed by atoms with Crippen molar-refractivity contribution in [3.63, 3.8) is 0 Å². The van der Waals surface area contributed by atoms with Crippen molar-refractivity contribution < 1.29 is 273 Å². The molecular formula is C61H80F6O56S12. The molecule has 0 aromatic heterocycles. The Kier molecular flexibility index (Phi) is 45.3. The molecule has 135 heavy (non-hydrogen) atoms. The zero-order valence-electron chi connectivity index (χ0n) is 69.1. The van der Waals surface area contributed by atoms with E-state index in [1.165, 1.54) is 19.1 Å². The first kappa shape index (κ1) is 121. The summed E-state index contributed by atoms with van der Waals surface area (Å²) in [5.74, 6) is -10.5. The number of terminal acetylenes is 2. The van der Waals surface area contributed by atoms with Crippen molar-refractivity contribution >= 4 is 181 Å². The number of alkyl halides is 6. The molecule has 12 atom stereocenters. The lowest BCUT2D eigenvalue weighted by molar-refractivity contribution is -0.200. The topological polar surface area (TPSA) is 783 Å². The SMILES string of the molecule is C#CCOC(=O)C1OS(=O)(=O)CS(=O)(=O)OC1C(=O)OCC#C.C=CCOC(=O)C1OS(=O)(=O)CS(=O)(=O)OC1C(=O)OCC=C.CCOC(=O)C1COS(=O)(=O)C(C)S(=O)(=O)O1.COC(=O)C1COS(=O)(=O)C(C)S(=O)(=O)O1.O=C(OC1CCCCC1)C1OS(=O)(=O)CS(=O)(=O)OC1C(=O)OC1CCCCC1.O=C(OCC(F)(F)F)C1OS(=O)(=O)CS(=O)(=O)OC1C(=O)OCC(F)(F)F. The minimum atomic E-state index is -5.21. The van der Waals surface area contributed by atoms with Crippen LogP contribution in [-0.2, 0) is 267 Å². The van der Waals surface area contributed by atoms with Crippen molar-refractivity contribution in [1.82, 2.24) is 0 Å². The summed E-state index contributed by atoms with van der Waals surface area (Å²) in [7, 11) is -55.1. The number of hydrogen-bond acceptors (Lipinski definition) is 56. The summed E-state index contributed by atoms with van der Waals surface area (Å²) < 4.78 is 443. The normalized spacial score (nSPS) is 28.1. The summed E-state index contributed by atoms with van der Waals surface area (Å²) in [5, 5.41) is -6.64. The molecule has 0 amide bonds. The Hall–Kier alpha value is -8.20. The Morgan fingerprint density at radius 1 is 0.341 bits per heavy atom. The lowest BCUT2D eigenvalue weighted by atomic mass is 9.97. The molecule has 0 radical (unpaired) electrons. The van der Waals surface area contributed by atoms with Gasteiger partial charge in [0.25, 0.3) is 121 Å². The second-order valence-electron chi connectivity index (χ2n) is 26.5. The summed E-state index contributed by atoms with van der Waals surface area (Å²) in [6.45, 7) is 2.05. The van der Waals surface area contributed by atoms with Gasteiger partial charge < -0.3 is 47.4 Å². The molecule has 6 aliphatic heterocycles. The molecule has 0 aromatic carbocycles. The van der Waals surface area contributed by atoms with Crippen LogP contribution in [0.1, 0.15) is 85.0 Å². The molecule has 8 rings (SSSR count). The highest BCUT2D eigenvalue weighted by atomic mass is 32.3. The van der Waals surface area contributed by atoms with Crippen molar-refractivity contribution in [3.8, 4) is 24.7 Å². The Morgan fingerprint density at radius 2 is 0.578 bits per heavy atom. The first-order valence-electron chi connectivity index (χ1n) is 36.5. The zero-order chi connectivity index (χ0) is 104. The van der Waals surface area contributed by atoms with Gasteiger partial charge in [0.05, 0.1) is 13.7 Å². The van der Waals surface area contributed by atoms with Gasteiger partial charge in [-0.1, -0.05) is 50.0 Å². The monoisotopic (exact) mass is 2210 g/mol. The number of hydrogen-bond donors (Lipinski definition) is 0. The summed E-state index contributed by atoms with van der Waals surface area (Å²) in [4.78, 5) is 118. The van der Waals surface area contributed by atoms with Crippen LogP contribution in [-0.4, -0.2) is 342 Å². The third-order valence-corrected chi connectivity index (χ3v) is 37.0. The maximum atomic E-state index is 12.6. The van der Waals surface area contributed by atoms with Crippen LogP contribution in [0.2, 0.25) is 0 Å². The molecule has 2 aliphatic carbocycles. The molecule has 0 N–H and O–H groups in total. The molecule has 12 unspecified atom stereocenters. The Labute approximate surface area is 765 Å². The molecule has 0 bridgehead atoms. The summed E-state index contributed by atoms with van der Waals surface area (Å²) in [6, 6.07) is 0. The van der Waals surface area contributed by atoms with E-state index in [1.54, 1.807) is 0 Å². The molecule has 2 saturated carbocycles. The quantitative estimate of drug-likeness (QED) is 0.0259. The maximum absolute atomic E-state index is 12.6. The smallest absolute Gasteiger partial charge is 0.422 e. The van der Waals surface area contributed by atoms with E-state index in [0.29, 0.717) is 25.7 Å². The molecule has 6 heterocycles. The fourth-order valence-corrected chi connectivity index (χ4v) is 26.5. The van der Waals surface area contributed by atoms with Gasteiger partial charge in [-0.3, -0.25) is 50.2 Å². The number of methoxy groups -OCH3 is 1. The van der Waals surface area contributed by atoms with Crippen LogP contribution in [0.25, 0.3) is 0 Å². The molecule has 0 spiro atoms. The maximum Gasteiger partial charge on any atom is 0.422 e. The average Bonchev–Trinajstić information content (AvgIpc) is 1.70. The minimum Gasteiger partial charge on any atom is -0.467 e. The van der Waals surface area contributed by atoms with Crippen molar-refractivity contribution in [2.24, 2.45) is 0 Å². The van der Waals surface area contributed by atoms with Gasteiger partial charge in [0.2, 0.25) is 78.3 Å². The third-order valence-electron chi connectivity index (χ3n) is 15.7. The van der Waals surface area contributed by atoms with Crippen LogP contribution in [0.3, 0.4) is 0 Å². The van der Waals surface area contributed by atoms with E-state index in [9.17, 15) is 175 Å². The second-order valence-corrected chi connectivity index (χ2v) is 48.9. The molecule has 6 saturated heterocycles. The van der Waals surface area contributed by atoms with Crippen LogP contribution < -0.4 is 0 Å². The fourth-order valence-electron chi connectivity index (χ4n) is 9.95. The van der Waals surface area contributed by atoms with E-state index >= 15 is 0 Å². The van der Waals surface area contributed by atoms with Gasteiger partial charge in [-0.2, -0.15) is 127 Å². The lowest BCUT2D eigenvalue weighted by Crippen LogP contribution is -2.47. The average molecular weight is 2210 g/mol. The molecule has 8 fully saturated rings. The van der Waals surface area contributed by atoms with E-state index < -0.39 is 336 Å². The van der Waals surface area contributed by atoms with E-state index in [4.69, 9.17) is 30.7 Å². The number of ether oxygens (including phenoxy) is 10. The predicted octanol–water partition coefficient (Wildman–Crippen LogP) is -5.13. The van der Waals surface area contributed by atoms with Crippen LogP contribution >= 0.6 is 0 Å². The van der Waals surface area contributed by atoms with Crippen molar-refractivity contribution in [2.75, 3.05) is 86.9 Å². The van der Waals surface area contributed by atoms with E-state index in [1.807, 2.05) is 11.8 Å². The predicted molar refractivity (Wildman–Crippen MR) is 417 cm³/mol. The standard InChI is InChI=1S/C17H26O10S2.C11H14O10S2.C11H10O10S2.C9H8F6O10S2.C7H12O8S2.C6H10O8S2/c18-16(24-12-7-3-1-4-8-12)14-15(17(19)25-13-9-5-2-6-10-13)27-29(22,23)11-28(20,21)26-14;2*1-3-5-18-10(12)8-9(11(13)19-6-4-2)21-23(16,17)7-22(14,15)20-8;10-8(11,12)1-22-6(16)4-5(7(17)23-2-9(13,14)15)25-27(20,21)3-26(18,19)24-4;1-3-13-7(8)6-4-14-16(9,10)5(2)17(11,12)15-6;1-4-15(8,9)13-3-5(6(7)12-2)14-16(4,10)11/h12-15H,1-11H2;3-4,8-9H,1-2,5-7H2;1-2,8-9H,5-7H2;4-5H,1-3H2;5-6H,3-4H2,1-2H3;4-5H,3H2,1-2H3. The largest absolute Gasteiger partial charge is 0.467 e. The highest BCUT2D eigenvalue weighted by Gasteiger charge is 2.55. The summed E-state index contributed by atoms with van der Waals surface area (Å²) >= 11 is 0. The van der Waals surface area contributed by atoms with Gasteiger partial charge in [0, 0.05) is 0 Å². The van der Waals surface area contributed by atoms with E-state index in [0.717, 1.165) is 59.5 Å². The first-order valence-corrected chi connectivity index (χ1v) is 55.0. The molecule has 0 aromatic rings. The van der Waals surface area contributed by atoms with Crippen LogP contribution in [0.15, 0.2) is 25.3 Å². The number of rotatable bonds is 21. The van der Waals surface area contributed by atoms with Gasteiger partial charge >= 0.3 is 72.0 Å². The van der Waals surface area contributed by atoms with Crippen molar-refractivity contribution in [1.29, 1.82) is 0 Å². The summed E-state index contributed by atoms with van der Waals surface area (Å²) in [6.07, 6.45) is -13.5. The van der Waals surface area contributed by atoms with E-state index in [2.05, 4.69) is 92.9 Å². The van der Waals surface area contributed by atoms with Gasteiger partial charge in [0.15, 0.2) is 38.6 Å². The van der Waals surface area contributed by atoms with Crippen LogP contribution in [0.5, 0.6) is 0 Å². The number of carbonyl (C=O) groups is 10. The Balaban J connectivity index is 0.000000422. The third kappa shape index (κ3) is 41.8. The number of halogens is 6. The Morgan fingerprint density at radius 3 is 0.807 bits per heavy atom. The fraction of sp³-hybridized carbons (Fsp3) is 0.705. The zero-order valence-corrected chi connectivity index (χ0v) is 78.9. The van der Waals surface area contributed by atoms with Gasteiger partial charge in [-0.05, 0) is 72.1 Å². The highest BCUT2D eigenvalue weighted by molar-refractivity contribution is 8.06. The van der Waals surface area contributed by atoms with Gasteiger partial charge in [-0.15, -0.1) is 12.8 Å². The molecule has 8 aliphatic rings. The lowest BCUT2D eigenvalue weighted by Gasteiger charge is -2.27. The first-order chi connectivity index (χ1) is 61.7. The molecule has 56 nitrogen and oxygen atoms in total. The van der Waals surface area contributed by atoms with Crippen molar-refractivity contribution in [3.05, 3.63) is 25.3 Å². The van der Waals surface area contributed by atoms with Crippen LogP contribution in [0, 0.1) is 24.7 Å². The number of esters is 10. The summed E-state index contributed by atoms with van der Waals surface area (Å²) in [5.41, 5.74) is 0. The molecule has 774 valence electrons. The minimum absolute atomic E-state index is 0.0149. The second kappa shape index (κ2) is 50.6. The van der Waals surface area contributed by atoms with Crippen LogP contribution in [0.4, 0.5) is 26.3 Å². The Bertz CT molecular complexity index is 5600. The number of carbonyl (C=O) groups excluding carboxylic acids is 10. The molecular weight excluding hydrogens is 2130 g/mol. The van der Waals surface area contributed by atoms with Gasteiger partial charge in [-0.25, -0.2) is 47.9 Å². The molecule has 74 heteroatoms. The van der Waals surface area contributed by atoms with Crippen molar-refractivity contribution in [2.45, 2.75) is 180 Å². The van der Waals surface area contributed by atoms with E-state index in [-0.39, 0.29) is 19.8 Å². The highest BCUT2D eigenvalue weighted by Crippen LogP contribution is 2.32.